The maximum atomic E-state index is 13.7. The van der Waals surface area contributed by atoms with E-state index in [1.54, 1.807) is 0 Å². The second kappa shape index (κ2) is 4.36. The van der Waals surface area contributed by atoms with Crippen LogP contribution in [0.15, 0.2) is 12.1 Å². The van der Waals surface area contributed by atoms with Crippen LogP contribution in [0.3, 0.4) is 0 Å². The summed E-state index contributed by atoms with van der Waals surface area (Å²) >= 11 is 0. The molecule has 0 atom stereocenters. The monoisotopic (exact) mass is 280 g/mol. The first-order valence-corrected chi connectivity index (χ1v) is 6.12. The van der Waals surface area contributed by atoms with Crippen molar-refractivity contribution in [1.29, 1.82) is 0 Å². The number of halogens is 2. The molecule has 1 aliphatic heterocycles. The van der Waals surface area contributed by atoms with Crippen LogP contribution >= 0.6 is 0 Å². The van der Waals surface area contributed by atoms with Crippen molar-refractivity contribution in [3.63, 3.8) is 0 Å². The van der Waals surface area contributed by atoms with Crippen LogP contribution in [-0.4, -0.2) is 30.2 Å². The standard InChI is InChI=1S/C13H10F2N2O3/c14-7-3-4-8(15)11-10(7)12(19)13(20)17(11)5-9(18)16-6-1-2-6/h3-4,6H,1-2,5H2,(H,16,18). The molecular weight excluding hydrogens is 270 g/mol. The van der Waals surface area contributed by atoms with Crippen LogP contribution in [0.2, 0.25) is 0 Å². The summed E-state index contributed by atoms with van der Waals surface area (Å²) in [7, 11) is 0. The van der Waals surface area contributed by atoms with Crippen LogP contribution in [0.1, 0.15) is 23.2 Å². The molecule has 1 aliphatic carbocycles. The van der Waals surface area contributed by atoms with E-state index in [0.717, 1.165) is 25.0 Å². The molecule has 0 spiro atoms. The fourth-order valence-electron chi connectivity index (χ4n) is 2.15. The van der Waals surface area contributed by atoms with Crippen molar-refractivity contribution < 1.29 is 23.2 Å². The third-order valence-corrected chi connectivity index (χ3v) is 3.26. The van der Waals surface area contributed by atoms with E-state index >= 15 is 0 Å². The SMILES string of the molecule is O=C(CN1C(=O)C(=O)c2c(F)ccc(F)c21)NC1CC1. The maximum absolute atomic E-state index is 13.7. The highest BCUT2D eigenvalue weighted by atomic mass is 19.1. The highest BCUT2D eigenvalue weighted by Gasteiger charge is 2.41. The normalized spacial score (nSPS) is 17.4. The summed E-state index contributed by atoms with van der Waals surface area (Å²) in [6.45, 7) is -0.492. The number of hydrogen-bond acceptors (Lipinski definition) is 3. The molecule has 0 radical (unpaired) electrons. The van der Waals surface area contributed by atoms with Crippen LogP contribution in [0, 0.1) is 11.6 Å². The van der Waals surface area contributed by atoms with Gasteiger partial charge >= 0.3 is 0 Å². The molecule has 0 aromatic heterocycles. The lowest BCUT2D eigenvalue weighted by Crippen LogP contribution is -2.41. The smallest absolute Gasteiger partial charge is 0.300 e. The Labute approximate surface area is 112 Å². The number of carbonyl (C=O) groups is 3. The van der Waals surface area contributed by atoms with Gasteiger partial charge in [-0.05, 0) is 25.0 Å². The van der Waals surface area contributed by atoms with Gasteiger partial charge in [-0.25, -0.2) is 8.78 Å². The first kappa shape index (κ1) is 12.7. The minimum absolute atomic E-state index is 0.0766. The Bertz CT molecular complexity index is 641. The minimum Gasteiger partial charge on any atom is -0.352 e. The number of rotatable bonds is 3. The Hall–Kier alpha value is -2.31. The van der Waals surface area contributed by atoms with Gasteiger partial charge in [-0.3, -0.25) is 19.3 Å². The predicted octanol–water partition coefficient (Wildman–Crippen LogP) is 0.773. The topological polar surface area (TPSA) is 66.5 Å². The fraction of sp³-hybridized carbons (Fsp3) is 0.308. The zero-order valence-corrected chi connectivity index (χ0v) is 10.3. The quantitative estimate of drug-likeness (QED) is 0.832. The number of benzene rings is 1. The molecule has 0 saturated heterocycles. The van der Waals surface area contributed by atoms with Crippen LogP contribution in [-0.2, 0) is 9.59 Å². The summed E-state index contributed by atoms with van der Waals surface area (Å²) in [5, 5.41) is 2.62. The van der Waals surface area contributed by atoms with E-state index < -0.39 is 47.0 Å². The van der Waals surface area contributed by atoms with Crippen molar-refractivity contribution in [2.45, 2.75) is 18.9 Å². The number of fused-ring (bicyclic) bond motifs is 1. The minimum atomic E-state index is -1.13. The summed E-state index contributed by atoms with van der Waals surface area (Å²) in [6, 6.07) is 1.69. The van der Waals surface area contributed by atoms with Crippen molar-refractivity contribution >= 4 is 23.3 Å². The number of carbonyl (C=O) groups excluding carboxylic acids is 3. The van der Waals surface area contributed by atoms with Gasteiger partial charge in [-0.1, -0.05) is 0 Å². The van der Waals surface area contributed by atoms with Gasteiger partial charge in [0.05, 0.1) is 11.3 Å². The van der Waals surface area contributed by atoms with E-state index in [1.807, 2.05) is 0 Å². The maximum Gasteiger partial charge on any atom is 0.300 e. The zero-order valence-electron chi connectivity index (χ0n) is 10.3. The van der Waals surface area contributed by atoms with Gasteiger partial charge in [-0.15, -0.1) is 0 Å². The van der Waals surface area contributed by atoms with Crippen molar-refractivity contribution in [3.05, 3.63) is 29.3 Å². The number of nitrogens with zero attached hydrogens (tertiary/aromatic N) is 1. The van der Waals surface area contributed by atoms with Gasteiger partial charge in [-0.2, -0.15) is 0 Å². The molecule has 3 rings (SSSR count). The summed E-state index contributed by atoms with van der Waals surface area (Å²) in [4.78, 5) is 35.8. The second-order valence-corrected chi connectivity index (χ2v) is 4.82. The molecule has 1 N–H and O–H groups in total. The second-order valence-electron chi connectivity index (χ2n) is 4.82. The summed E-state index contributed by atoms with van der Waals surface area (Å²) in [5.74, 6) is -4.58. The Morgan fingerprint density at radius 2 is 1.90 bits per heavy atom. The summed E-state index contributed by atoms with van der Waals surface area (Å²) in [6.07, 6.45) is 1.72. The fourth-order valence-corrected chi connectivity index (χ4v) is 2.15. The van der Waals surface area contributed by atoms with Crippen LogP contribution in [0.4, 0.5) is 14.5 Å². The Balaban J connectivity index is 1.93. The Kier molecular flexibility index (Phi) is 2.77. The molecular formula is C13H10F2N2O3. The molecule has 2 aliphatic rings. The first-order valence-electron chi connectivity index (χ1n) is 6.12. The lowest BCUT2D eigenvalue weighted by molar-refractivity contribution is -0.122. The largest absolute Gasteiger partial charge is 0.352 e. The molecule has 1 aromatic rings. The third-order valence-electron chi connectivity index (χ3n) is 3.26. The van der Waals surface area contributed by atoms with E-state index in [1.165, 1.54) is 0 Å². The predicted molar refractivity (Wildman–Crippen MR) is 64.2 cm³/mol. The van der Waals surface area contributed by atoms with Gasteiger partial charge in [0.15, 0.2) is 0 Å². The molecule has 20 heavy (non-hydrogen) atoms. The highest BCUT2D eigenvalue weighted by Crippen LogP contribution is 2.33. The highest BCUT2D eigenvalue weighted by molar-refractivity contribution is 6.52. The average molecular weight is 280 g/mol. The average Bonchev–Trinajstić information content (AvgIpc) is 3.17. The number of hydrogen-bond donors (Lipinski definition) is 1. The van der Waals surface area contributed by atoms with E-state index in [0.29, 0.717) is 4.90 Å². The summed E-state index contributed by atoms with van der Waals surface area (Å²) in [5.41, 5.74) is -1.06. The Morgan fingerprint density at radius 1 is 1.25 bits per heavy atom. The molecule has 5 nitrogen and oxygen atoms in total. The van der Waals surface area contributed by atoms with Crippen LogP contribution < -0.4 is 10.2 Å². The van der Waals surface area contributed by atoms with Crippen molar-refractivity contribution in [1.82, 2.24) is 5.32 Å². The number of nitrogens with one attached hydrogen (secondary N) is 1. The number of amides is 2. The van der Waals surface area contributed by atoms with Gasteiger partial charge in [0.2, 0.25) is 5.91 Å². The van der Waals surface area contributed by atoms with Crippen LogP contribution in [0.25, 0.3) is 0 Å². The molecule has 7 heteroatoms. The zero-order chi connectivity index (χ0) is 14.4. The van der Waals surface area contributed by atoms with E-state index in [2.05, 4.69) is 5.32 Å². The molecule has 1 saturated carbocycles. The third kappa shape index (κ3) is 1.95. The van der Waals surface area contributed by atoms with Gasteiger partial charge in [0.25, 0.3) is 11.7 Å². The lowest BCUT2D eigenvalue weighted by Gasteiger charge is -2.16. The molecule has 104 valence electrons. The molecule has 0 bridgehead atoms. The van der Waals surface area contributed by atoms with E-state index in [4.69, 9.17) is 0 Å². The Morgan fingerprint density at radius 3 is 2.55 bits per heavy atom. The molecule has 1 fully saturated rings. The number of ketones is 1. The van der Waals surface area contributed by atoms with Gasteiger partial charge in [0, 0.05) is 6.04 Å². The van der Waals surface area contributed by atoms with Crippen molar-refractivity contribution in [2.24, 2.45) is 0 Å². The molecule has 0 unspecified atom stereocenters. The molecule has 1 aromatic carbocycles. The molecule has 1 heterocycles. The van der Waals surface area contributed by atoms with E-state index in [-0.39, 0.29) is 6.04 Å². The van der Waals surface area contributed by atoms with Gasteiger partial charge < -0.3 is 5.32 Å². The number of anilines is 1. The van der Waals surface area contributed by atoms with Crippen molar-refractivity contribution in [3.8, 4) is 0 Å². The molecule has 2 amide bonds. The van der Waals surface area contributed by atoms with E-state index in [9.17, 15) is 23.2 Å². The first-order chi connectivity index (χ1) is 9.49. The van der Waals surface area contributed by atoms with Crippen LogP contribution in [0.5, 0.6) is 0 Å². The number of Topliss-reactive ketones (excluding diaryl/α,β-unsaturated/α-hetero) is 1. The van der Waals surface area contributed by atoms with Crippen molar-refractivity contribution in [2.75, 3.05) is 11.4 Å². The lowest BCUT2D eigenvalue weighted by atomic mass is 10.1. The van der Waals surface area contributed by atoms with Gasteiger partial charge in [0.1, 0.15) is 18.2 Å². The summed E-state index contributed by atoms with van der Waals surface area (Å²) < 4.78 is 27.3.